The minimum Gasteiger partial charge on any atom is -0.487 e. The normalized spacial score (nSPS) is 10.7. The van der Waals surface area contributed by atoms with Gasteiger partial charge in [-0.1, -0.05) is 12.1 Å². The Kier molecular flexibility index (Phi) is 5.85. The van der Waals surface area contributed by atoms with Crippen molar-refractivity contribution >= 4 is 28.8 Å². The number of carbonyl (C=O) groups is 2. The number of aromatic nitrogens is 2. The van der Waals surface area contributed by atoms with E-state index in [0.29, 0.717) is 17.0 Å². The van der Waals surface area contributed by atoms with Crippen LogP contribution in [0.2, 0.25) is 0 Å². The lowest BCUT2D eigenvalue weighted by Gasteiger charge is -2.10. The van der Waals surface area contributed by atoms with Gasteiger partial charge in [0, 0.05) is 30.6 Å². The van der Waals surface area contributed by atoms with Gasteiger partial charge in [-0.05, 0) is 55.0 Å². The Morgan fingerprint density at radius 3 is 2.72 bits per heavy atom. The summed E-state index contributed by atoms with van der Waals surface area (Å²) in [5, 5.41) is 5.08. The number of amides is 2. The third-order valence-corrected chi connectivity index (χ3v) is 4.67. The highest BCUT2D eigenvalue weighted by atomic mass is 19.1. The first kappa shape index (κ1) is 21.0. The van der Waals surface area contributed by atoms with Gasteiger partial charge in [-0.15, -0.1) is 0 Å². The summed E-state index contributed by atoms with van der Waals surface area (Å²) >= 11 is 0. The number of anilines is 2. The third kappa shape index (κ3) is 4.92. The second-order valence-electron chi connectivity index (χ2n) is 7.35. The van der Waals surface area contributed by atoms with Crippen molar-refractivity contribution in [3.63, 3.8) is 0 Å². The Balaban J connectivity index is 1.45. The Labute approximate surface area is 183 Å². The van der Waals surface area contributed by atoms with Gasteiger partial charge in [-0.2, -0.15) is 0 Å². The second kappa shape index (κ2) is 8.89. The number of carbonyl (C=O) groups excluding carboxylic acids is 2. The first-order valence-corrected chi connectivity index (χ1v) is 9.93. The van der Waals surface area contributed by atoms with Crippen molar-refractivity contribution in [3.05, 3.63) is 89.6 Å². The van der Waals surface area contributed by atoms with E-state index >= 15 is 0 Å². The van der Waals surface area contributed by atoms with Crippen LogP contribution in [0.25, 0.3) is 5.65 Å². The SMILES string of the molecule is CC(=O)Nc1ccc(F)c(NC(=O)c2cccc(OCc3cn4cc(C)ccc4n3)c2)c1. The van der Waals surface area contributed by atoms with Crippen LogP contribution in [0.4, 0.5) is 15.8 Å². The molecule has 0 saturated heterocycles. The lowest BCUT2D eigenvalue weighted by molar-refractivity contribution is -0.114. The van der Waals surface area contributed by atoms with Crippen molar-refractivity contribution in [3.8, 4) is 5.75 Å². The van der Waals surface area contributed by atoms with Crippen LogP contribution in [-0.2, 0) is 11.4 Å². The highest BCUT2D eigenvalue weighted by molar-refractivity contribution is 6.05. The number of hydrogen-bond donors (Lipinski definition) is 2. The van der Waals surface area contributed by atoms with Crippen LogP contribution in [0.3, 0.4) is 0 Å². The average molecular weight is 432 g/mol. The van der Waals surface area contributed by atoms with Gasteiger partial charge in [0.05, 0.1) is 11.4 Å². The molecule has 0 aliphatic heterocycles. The van der Waals surface area contributed by atoms with Crippen LogP contribution in [0.1, 0.15) is 28.5 Å². The van der Waals surface area contributed by atoms with Gasteiger partial charge < -0.3 is 19.8 Å². The van der Waals surface area contributed by atoms with Gasteiger partial charge in [0.1, 0.15) is 23.8 Å². The number of benzene rings is 2. The molecule has 0 spiro atoms. The summed E-state index contributed by atoms with van der Waals surface area (Å²) in [6, 6.07) is 14.5. The Bertz CT molecular complexity index is 1320. The van der Waals surface area contributed by atoms with E-state index in [1.54, 1.807) is 24.3 Å². The molecule has 2 aromatic heterocycles. The Morgan fingerprint density at radius 1 is 1.06 bits per heavy atom. The molecule has 4 aromatic rings. The predicted octanol–water partition coefficient (Wildman–Crippen LogP) is 4.57. The molecule has 32 heavy (non-hydrogen) atoms. The largest absolute Gasteiger partial charge is 0.487 e. The van der Waals surface area contributed by atoms with Gasteiger partial charge in [0.15, 0.2) is 0 Å². The summed E-state index contributed by atoms with van der Waals surface area (Å²) in [5.41, 5.74) is 3.35. The Morgan fingerprint density at radius 2 is 1.91 bits per heavy atom. The van der Waals surface area contributed by atoms with E-state index in [4.69, 9.17) is 4.74 Å². The standard InChI is InChI=1S/C24H21FN4O3/c1-15-6-9-23-27-19(13-29(23)12-15)14-32-20-5-3-4-17(10-20)24(31)28-22-11-18(26-16(2)30)7-8-21(22)25/h3-13H,14H2,1-2H3,(H,26,30)(H,28,31). The van der Waals surface area contributed by atoms with Crippen LogP contribution >= 0.6 is 0 Å². The molecule has 2 amide bonds. The fourth-order valence-electron chi connectivity index (χ4n) is 3.21. The van der Waals surface area contributed by atoms with Gasteiger partial charge in [0.25, 0.3) is 5.91 Å². The molecule has 8 heteroatoms. The molecular formula is C24H21FN4O3. The summed E-state index contributed by atoms with van der Waals surface area (Å²) in [5.74, 6) is -0.919. The predicted molar refractivity (Wildman–Crippen MR) is 119 cm³/mol. The maximum Gasteiger partial charge on any atom is 0.255 e. The molecule has 0 saturated carbocycles. The highest BCUT2D eigenvalue weighted by Gasteiger charge is 2.12. The molecule has 162 valence electrons. The zero-order chi connectivity index (χ0) is 22.7. The van der Waals surface area contributed by atoms with E-state index in [2.05, 4.69) is 15.6 Å². The molecule has 0 unspecified atom stereocenters. The lowest BCUT2D eigenvalue weighted by Crippen LogP contribution is -2.14. The van der Waals surface area contributed by atoms with Gasteiger partial charge in [-0.3, -0.25) is 9.59 Å². The molecule has 2 aromatic carbocycles. The van der Waals surface area contributed by atoms with Crippen molar-refractivity contribution in [2.45, 2.75) is 20.5 Å². The minimum atomic E-state index is -0.609. The number of imidazole rings is 1. The maximum absolute atomic E-state index is 14.1. The summed E-state index contributed by atoms with van der Waals surface area (Å²) < 4.78 is 21.9. The quantitative estimate of drug-likeness (QED) is 0.467. The molecule has 0 radical (unpaired) electrons. The smallest absolute Gasteiger partial charge is 0.255 e. The fraction of sp³-hybridized carbons (Fsp3) is 0.125. The van der Waals surface area contributed by atoms with Crippen molar-refractivity contribution in [1.29, 1.82) is 0 Å². The minimum absolute atomic E-state index is 0.0347. The Hall–Kier alpha value is -4.20. The van der Waals surface area contributed by atoms with E-state index in [-0.39, 0.29) is 18.2 Å². The van der Waals surface area contributed by atoms with Crippen LogP contribution < -0.4 is 15.4 Å². The number of nitrogens with zero attached hydrogens (tertiary/aromatic N) is 2. The van der Waals surface area contributed by atoms with Crippen molar-refractivity contribution in [2.24, 2.45) is 0 Å². The summed E-state index contributed by atoms with van der Waals surface area (Å²) in [6.07, 6.45) is 3.88. The van der Waals surface area contributed by atoms with Crippen molar-refractivity contribution in [2.75, 3.05) is 10.6 Å². The number of halogens is 1. The number of aryl methyl sites for hydroxylation is 1. The first-order valence-electron chi connectivity index (χ1n) is 9.93. The average Bonchev–Trinajstić information content (AvgIpc) is 3.16. The van der Waals surface area contributed by atoms with E-state index in [9.17, 15) is 14.0 Å². The molecule has 0 aliphatic rings. The second-order valence-corrected chi connectivity index (χ2v) is 7.35. The maximum atomic E-state index is 14.1. The molecule has 2 N–H and O–H groups in total. The van der Waals surface area contributed by atoms with Crippen LogP contribution in [0, 0.1) is 12.7 Å². The summed E-state index contributed by atoms with van der Waals surface area (Å²) in [6.45, 7) is 3.59. The van der Waals surface area contributed by atoms with E-state index < -0.39 is 11.7 Å². The van der Waals surface area contributed by atoms with Crippen LogP contribution in [0.15, 0.2) is 67.0 Å². The molecule has 0 bridgehead atoms. The topological polar surface area (TPSA) is 84.7 Å². The zero-order valence-corrected chi connectivity index (χ0v) is 17.6. The van der Waals surface area contributed by atoms with Gasteiger partial charge >= 0.3 is 0 Å². The van der Waals surface area contributed by atoms with Crippen molar-refractivity contribution in [1.82, 2.24) is 9.38 Å². The zero-order valence-electron chi connectivity index (χ0n) is 17.6. The van der Waals surface area contributed by atoms with E-state index in [0.717, 1.165) is 16.9 Å². The fourth-order valence-corrected chi connectivity index (χ4v) is 3.21. The molecular weight excluding hydrogens is 411 g/mol. The number of pyridine rings is 1. The molecule has 2 heterocycles. The lowest BCUT2D eigenvalue weighted by atomic mass is 10.2. The number of rotatable bonds is 6. The number of nitrogens with one attached hydrogen (secondary N) is 2. The first-order chi connectivity index (χ1) is 15.4. The third-order valence-electron chi connectivity index (χ3n) is 4.67. The molecule has 0 atom stereocenters. The van der Waals surface area contributed by atoms with E-state index in [1.807, 2.05) is 35.9 Å². The molecule has 0 fully saturated rings. The monoisotopic (exact) mass is 432 g/mol. The van der Waals surface area contributed by atoms with Crippen LogP contribution in [0.5, 0.6) is 5.75 Å². The van der Waals surface area contributed by atoms with Gasteiger partial charge in [0.2, 0.25) is 5.91 Å². The number of hydrogen-bond acceptors (Lipinski definition) is 4. The van der Waals surface area contributed by atoms with Crippen molar-refractivity contribution < 1.29 is 18.7 Å². The summed E-state index contributed by atoms with van der Waals surface area (Å²) in [7, 11) is 0. The number of fused-ring (bicyclic) bond motifs is 1. The number of ether oxygens (including phenoxy) is 1. The van der Waals surface area contributed by atoms with Crippen LogP contribution in [-0.4, -0.2) is 21.2 Å². The highest BCUT2D eigenvalue weighted by Crippen LogP contribution is 2.22. The van der Waals surface area contributed by atoms with Gasteiger partial charge in [-0.25, -0.2) is 9.37 Å². The molecule has 7 nitrogen and oxygen atoms in total. The summed E-state index contributed by atoms with van der Waals surface area (Å²) in [4.78, 5) is 28.4. The van der Waals surface area contributed by atoms with E-state index in [1.165, 1.54) is 25.1 Å². The molecule has 0 aliphatic carbocycles. The molecule has 4 rings (SSSR count).